The molecule has 1 rings (SSSR count). The summed E-state index contributed by atoms with van der Waals surface area (Å²) in [6.45, 7) is 6.06. The van der Waals surface area contributed by atoms with Gasteiger partial charge >= 0.3 is 51.4 Å². The van der Waals surface area contributed by atoms with Crippen molar-refractivity contribution in [3.8, 4) is 0 Å². The number of hydrogen-bond acceptors (Lipinski definition) is 1. The first-order valence-corrected chi connectivity index (χ1v) is 3.77. The van der Waals surface area contributed by atoms with Crippen LogP contribution in [0, 0.1) is 20.4 Å². The van der Waals surface area contributed by atoms with Gasteiger partial charge in [-0.15, -0.1) is 0 Å². The SMILES string of the molecule is CC.CO.Cc1cc[c-]cc1.[CH3-].[K+]. The van der Waals surface area contributed by atoms with Crippen LogP contribution in [-0.4, -0.2) is 12.2 Å². The molecule has 0 saturated carbocycles. The van der Waals surface area contributed by atoms with Crippen molar-refractivity contribution >= 4 is 0 Å². The van der Waals surface area contributed by atoms with Gasteiger partial charge in [-0.25, -0.2) is 0 Å². The molecule has 72 valence electrons. The normalized spacial score (nSPS) is 5.62. The molecule has 0 bridgehead atoms. The van der Waals surface area contributed by atoms with Crippen LogP contribution in [0.3, 0.4) is 0 Å². The molecule has 0 spiro atoms. The van der Waals surface area contributed by atoms with Crippen molar-refractivity contribution in [2.24, 2.45) is 0 Å². The summed E-state index contributed by atoms with van der Waals surface area (Å²) in [5, 5.41) is 7.00. The summed E-state index contributed by atoms with van der Waals surface area (Å²) in [7, 11) is 1.00. The van der Waals surface area contributed by atoms with Gasteiger partial charge < -0.3 is 12.5 Å². The monoisotopic (exact) mass is 207 g/mol. The van der Waals surface area contributed by atoms with E-state index in [0.29, 0.717) is 0 Å². The van der Waals surface area contributed by atoms with Gasteiger partial charge in [-0.3, -0.25) is 0 Å². The van der Waals surface area contributed by atoms with Gasteiger partial charge in [0, 0.05) is 7.11 Å². The van der Waals surface area contributed by atoms with Crippen LogP contribution in [0.2, 0.25) is 0 Å². The van der Waals surface area contributed by atoms with Crippen molar-refractivity contribution in [2.45, 2.75) is 20.8 Å². The number of rotatable bonds is 0. The van der Waals surface area contributed by atoms with Gasteiger partial charge in [0.25, 0.3) is 0 Å². The summed E-state index contributed by atoms with van der Waals surface area (Å²) >= 11 is 0. The van der Waals surface area contributed by atoms with E-state index in [-0.39, 0.29) is 58.8 Å². The molecule has 0 heterocycles. The molecule has 1 aromatic rings. The van der Waals surface area contributed by atoms with Gasteiger partial charge in [-0.1, -0.05) is 20.8 Å². The van der Waals surface area contributed by atoms with Gasteiger partial charge in [0.15, 0.2) is 0 Å². The molecule has 1 N–H and O–H groups in total. The van der Waals surface area contributed by atoms with Gasteiger partial charge in [0.2, 0.25) is 0 Å². The van der Waals surface area contributed by atoms with Crippen LogP contribution in [0.4, 0.5) is 0 Å². The van der Waals surface area contributed by atoms with E-state index in [2.05, 4.69) is 13.0 Å². The number of aryl methyl sites for hydroxylation is 1. The minimum Gasteiger partial charge on any atom is -0.400 e. The van der Waals surface area contributed by atoms with Crippen molar-refractivity contribution in [1.29, 1.82) is 0 Å². The maximum Gasteiger partial charge on any atom is 1.00 e. The molecule has 0 radical (unpaired) electrons. The molecule has 0 unspecified atom stereocenters. The Balaban J connectivity index is -0.0000000607. The number of hydrogen-bond donors (Lipinski definition) is 1. The molecule has 0 aliphatic rings. The van der Waals surface area contributed by atoms with Crippen LogP contribution < -0.4 is 51.4 Å². The Morgan fingerprint density at radius 2 is 1.38 bits per heavy atom. The summed E-state index contributed by atoms with van der Waals surface area (Å²) < 4.78 is 0. The van der Waals surface area contributed by atoms with E-state index in [9.17, 15) is 0 Å². The van der Waals surface area contributed by atoms with E-state index >= 15 is 0 Å². The van der Waals surface area contributed by atoms with Crippen LogP contribution in [0.15, 0.2) is 24.3 Å². The average molecular weight is 207 g/mol. The van der Waals surface area contributed by atoms with Gasteiger partial charge in [0.05, 0.1) is 0 Å². The van der Waals surface area contributed by atoms with Crippen LogP contribution in [0.25, 0.3) is 0 Å². The third-order valence-electron chi connectivity index (χ3n) is 0.885. The van der Waals surface area contributed by atoms with E-state index in [4.69, 9.17) is 5.11 Å². The third kappa shape index (κ3) is 19.3. The summed E-state index contributed by atoms with van der Waals surface area (Å²) in [5.74, 6) is 0. The Bertz CT molecular complexity index is 140. The first kappa shape index (κ1) is 23.6. The summed E-state index contributed by atoms with van der Waals surface area (Å²) in [5.41, 5.74) is 1.29. The second-order valence-corrected chi connectivity index (χ2v) is 1.58. The zero-order valence-corrected chi connectivity index (χ0v) is 12.9. The molecule has 1 nitrogen and oxygen atoms in total. The topological polar surface area (TPSA) is 20.2 Å². The minimum atomic E-state index is 0. The zero-order valence-electron chi connectivity index (χ0n) is 9.76. The van der Waals surface area contributed by atoms with E-state index in [1.54, 1.807) is 0 Å². The molecule has 1 aromatic carbocycles. The smallest absolute Gasteiger partial charge is 0.400 e. The number of benzene rings is 1. The molecule has 2 heteroatoms. The van der Waals surface area contributed by atoms with Crippen LogP contribution in [0.5, 0.6) is 0 Å². The zero-order chi connectivity index (χ0) is 9.11. The Morgan fingerprint density at radius 1 is 1.08 bits per heavy atom. The first-order valence-electron chi connectivity index (χ1n) is 3.77. The maximum atomic E-state index is 7.00. The fourth-order valence-electron chi connectivity index (χ4n) is 0.470. The largest absolute Gasteiger partial charge is 1.00 e. The van der Waals surface area contributed by atoms with Crippen molar-refractivity contribution < 1.29 is 56.5 Å². The molecule has 0 saturated heterocycles. The Hall–Kier alpha value is 0.816. The molecule has 0 aliphatic heterocycles. The molecular weight excluding hydrogens is 187 g/mol. The van der Waals surface area contributed by atoms with Crippen LogP contribution >= 0.6 is 0 Å². The van der Waals surface area contributed by atoms with Gasteiger partial charge in [-0.05, 0) is 0 Å². The van der Waals surface area contributed by atoms with Crippen molar-refractivity contribution in [2.75, 3.05) is 7.11 Å². The van der Waals surface area contributed by atoms with Crippen molar-refractivity contribution in [3.63, 3.8) is 0 Å². The van der Waals surface area contributed by atoms with E-state index in [1.165, 1.54) is 5.56 Å². The van der Waals surface area contributed by atoms with Crippen molar-refractivity contribution in [1.82, 2.24) is 0 Å². The summed E-state index contributed by atoms with van der Waals surface area (Å²) in [4.78, 5) is 0. The summed E-state index contributed by atoms with van der Waals surface area (Å²) in [6.07, 6.45) is 0. The van der Waals surface area contributed by atoms with E-state index < -0.39 is 0 Å². The predicted molar refractivity (Wildman–Crippen MR) is 55.9 cm³/mol. The van der Waals surface area contributed by atoms with Crippen molar-refractivity contribution in [3.05, 3.63) is 43.3 Å². The van der Waals surface area contributed by atoms with Gasteiger partial charge in [-0.2, -0.15) is 35.9 Å². The second kappa shape index (κ2) is 23.0. The Kier molecular flexibility index (Phi) is 41.7. The van der Waals surface area contributed by atoms with Crippen LogP contribution in [-0.2, 0) is 0 Å². The molecule has 0 aliphatic carbocycles. The number of aliphatic hydroxyl groups excluding tert-OH is 1. The maximum absolute atomic E-state index is 7.00. The quantitative estimate of drug-likeness (QED) is 0.465. The molecule has 13 heavy (non-hydrogen) atoms. The Labute approximate surface area is 126 Å². The molecule has 0 aromatic heterocycles. The second-order valence-electron chi connectivity index (χ2n) is 1.58. The Morgan fingerprint density at radius 3 is 1.54 bits per heavy atom. The molecular formula is C11H20KO-. The molecule has 0 amide bonds. The fourth-order valence-corrected chi connectivity index (χ4v) is 0.470. The predicted octanol–water partition coefficient (Wildman–Crippen LogP) is -0.116. The molecule has 0 atom stereocenters. The van der Waals surface area contributed by atoms with E-state index in [1.807, 2.05) is 38.1 Å². The standard InChI is InChI=1S/C7H7.C2H6.CH4O.CH3.K/c1-7-5-3-2-4-6-7;2*1-2;;/h3-6H,1H3;1-2H3;2H,1H3;1H3;/q-1;;;-1;+1. The minimum absolute atomic E-state index is 0. The fraction of sp³-hybridized carbons (Fsp3) is 0.364. The van der Waals surface area contributed by atoms with Gasteiger partial charge in [0.1, 0.15) is 0 Å². The average Bonchev–Trinajstić information content (AvgIpc) is 2.13. The summed E-state index contributed by atoms with van der Waals surface area (Å²) in [6, 6.07) is 10.8. The third-order valence-corrected chi connectivity index (χ3v) is 0.885. The first-order chi connectivity index (χ1) is 5.39. The van der Waals surface area contributed by atoms with Crippen LogP contribution in [0.1, 0.15) is 19.4 Å². The molecule has 0 fully saturated rings. The number of aliphatic hydroxyl groups is 1. The van der Waals surface area contributed by atoms with E-state index in [0.717, 1.165) is 7.11 Å².